The minimum absolute atomic E-state index is 0.0621. The van der Waals surface area contributed by atoms with Crippen molar-refractivity contribution < 1.29 is 22.6 Å². The molecule has 12 heteroatoms. The molecule has 0 spiro atoms. The topological polar surface area (TPSA) is 158 Å². The standard InChI is InChI=1S/C29H31N5O6S/c1-29(2)23-15-19(18-31-12-6-14-41(38,39)40)9-10-24(23)34-13-11-20(16-25(29)34)21(17-30)7-5-8-22-26(35)32(3)28(37)33(4)27(22)36/h5,7-11,13,15-16,31H,6,12,14,18H2,1-4H3,(H,38,39,40)/p+1. The van der Waals surface area contributed by atoms with E-state index in [1.165, 1.54) is 26.2 Å². The van der Waals surface area contributed by atoms with Gasteiger partial charge in [0.15, 0.2) is 11.9 Å². The van der Waals surface area contributed by atoms with Crippen molar-refractivity contribution in [2.45, 2.75) is 32.2 Å². The molecule has 0 fully saturated rings. The average Bonchev–Trinajstić information content (AvgIpc) is 3.15. The Balaban J connectivity index is 1.58. The molecule has 0 unspecified atom stereocenters. The zero-order valence-corrected chi connectivity index (χ0v) is 24.1. The Labute approximate surface area is 237 Å². The van der Waals surface area contributed by atoms with Crippen LogP contribution in [0.1, 0.15) is 48.2 Å². The number of nitrogens with one attached hydrogen (secondary N) is 1. The molecule has 4 rings (SSSR count). The fourth-order valence-corrected chi connectivity index (χ4v) is 5.47. The van der Waals surface area contributed by atoms with Gasteiger partial charge in [0.05, 0.1) is 22.8 Å². The summed E-state index contributed by atoms with van der Waals surface area (Å²) in [5, 5.41) is 23.4. The summed E-state index contributed by atoms with van der Waals surface area (Å²) in [7, 11) is -1.28. The summed E-state index contributed by atoms with van der Waals surface area (Å²) in [4.78, 5) is 24.4. The van der Waals surface area contributed by atoms with Crippen molar-refractivity contribution >= 4 is 21.8 Å². The van der Waals surface area contributed by atoms with Gasteiger partial charge in [0.1, 0.15) is 5.56 Å². The van der Waals surface area contributed by atoms with Gasteiger partial charge in [0.25, 0.3) is 15.7 Å². The number of pyridine rings is 1. The predicted molar refractivity (Wildman–Crippen MR) is 154 cm³/mol. The molecule has 3 aromatic rings. The van der Waals surface area contributed by atoms with Crippen LogP contribution in [0.5, 0.6) is 5.88 Å². The maximum Gasteiger partial charge on any atom is 0.333 e. The lowest BCUT2D eigenvalue weighted by Gasteiger charge is -2.15. The van der Waals surface area contributed by atoms with Gasteiger partial charge in [0.2, 0.25) is 11.6 Å². The lowest BCUT2D eigenvalue weighted by molar-refractivity contribution is -0.599. The Kier molecular flexibility index (Phi) is 8.17. The number of rotatable bonds is 9. The number of benzene rings is 1. The van der Waals surface area contributed by atoms with Gasteiger partial charge < -0.3 is 10.4 Å². The summed E-state index contributed by atoms with van der Waals surface area (Å²) in [5.41, 5.74) is 3.46. The van der Waals surface area contributed by atoms with E-state index in [2.05, 4.69) is 35.9 Å². The highest BCUT2D eigenvalue weighted by Gasteiger charge is 2.43. The highest BCUT2D eigenvalue weighted by atomic mass is 32.2. The number of fused-ring (bicyclic) bond motifs is 3. The number of aromatic hydroxyl groups is 1. The van der Waals surface area contributed by atoms with Crippen LogP contribution in [0.25, 0.3) is 17.3 Å². The molecule has 0 atom stereocenters. The van der Waals surface area contributed by atoms with Gasteiger partial charge >= 0.3 is 5.69 Å². The van der Waals surface area contributed by atoms with E-state index in [9.17, 15) is 28.4 Å². The maximum atomic E-state index is 12.4. The molecule has 2 aromatic heterocycles. The molecule has 0 saturated heterocycles. The van der Waals surface area contributed by atoms with Gasteiger partial charge in [-0.15, -0.1) is 0 Å². The Morgan fingerprint density at radius 1 is 1.17 bits per heavy atom. The number of nitriles is 1. The normalized spacial score (nSPS) is 14.2. The molecule has 1 aliphatic rings. The predicted octanol–water partition coefficient (Wildman–Crippen LogP) is 1.69. The summed E-state index contributed by atoms with van der Waals surface area (Å²) in [6.07, 6.45) is 6.64. The molecule has 41 heavy (non-hydrogen) atoms. The third kappa shape index (κ3) is 5.92. The molecule has 0 saturated carbocycles. The number of allylic oxidation sites excluding steroid dienone is 3. The van der Waals surface area contributed by atoms with Crippen molar-refractivity contribution in [2.75, 3.05) is 12.3 Å². The minimum Gasteiger partial charge on any atom is -0.494 e. The lowest BCUT2D eigenvalue weighted by atomic mass is 9.82. The summed E-state index contributed by atoms with van der Waals surface area (Å²) >= 11 is 0. The van der Waals surface area contributed by atoms with Crippen molar-refractivity contribution in [1.29, 1.82) is 5.26 Å². The van der Waals surface area contributed by atoms with E-state index in [1.807, 2.05) is 30.5 Å². The summed E-state index contributed by atoms with van der Waals surface area (Å²) in [5.74, 6) is -0.739. The van der Waals surface area contributed by atoms with Gasteiger partial charge in [-0.1, -0.05) is 12.1 Å². The smallest absolute Gasteiger partial charge is 0.333 e. The molecular formula is C29H32N5O6S+. The Morgan fingerprint density at radius 3 is 2.59 bits per heavy atom. The summed E-state index contributed by atoms with van der Waals surface area (Å²) in [6, 6.07) is 12.1. The fraction of sp³-hybridized carbons (Fsp3) is 0.310. The Morgan fingerprint density at radius 2 is 1.90 bits per heavy atom. The third-order valence-electron chi connectivity index (χ3n) is 7.30. The Hall–Kier alpha value is -4.31. The molecule has 3 N–H and O–H groups in total. The van der Waals surface area contributed by atoms with E-state index in [1.54, 1.807) is 6.08 Å². The first-order valence-corrected chi connectivity index (χ1v) is 14.5. The van der Waals surface area contributed by atoms with Crippen LogP contribution in [0.15, 0.2) is 58.3 Å². The first-order valence-electron chi connectivity index (χ1n) is 12.9. The first kappa shape index (κ1) is 29.7. The second-order valence-electron chi connectivity index (χ2n) is 10.5. The molecule has 214 valence electrons. The molecule has 0 radical (unpaired) electrons. The van der Waals surface area contributed by atoms with Crippen molar-refractivity contribution in [1.82, 2.24) is 14.5 Å². The lowest BCUT2D eigenvalue weighted by Crippen LogP contribution is -2.37. The highest BCUT2D eigenvalue weighted by molar-refractivity contribution is 7.85. The molecule has 11 nitrogen and oxygen atoms in total. The van der Waals surface area contributed by atoms with Crippen LogP contribution in [-0.4, -0.2) is 39.5 Å². The van der Waals surface area contributed by atoms with Gasteiger partial charge in [-0.3, -0.25) is 18.5 Å². The van der Waals surface area contributed by atoms with E-state index in [4.69, 9.17) is 4.55 Å². The Bertz CT molecular complexity index is 1860. The summed E-state index contributed by atoms with van der Waals surface area (Å²) in [6.45, 7) is 5.20. The molecule has 1 aliphatic heterocycles. The van der Waals surface area contributed by atoms with Crippen LogP contribution in [0.4, 0.5) is 0 Å². The molecule has 0 amide bonds. The number of hydrogen-bond acceptors (Lipinski definition) is 7. The zero-order valence-electron chi connectivity index (χ0n) is 23.2. The minimum atomic E-state index is -3.97. The van der Waals surface area contributed by atoms with Gasteiger partial charge in [-0.05, 0) is 50.6 Å². The van der Waals surface area contributed by atoms with Crippen LogP contribution < -0.4 is 21.1 Å². The van der Waals surface area contributed by atoms with Crippen LogP contribution in [0, 0.1) is 11.3 Å². The van der Waals surface area contributed by atoms with Crippen LogP contribution in [0.3, 0.4) is 0 Å². The monoisotopic (exact) mass is 578 g/mol. The molecular weight excluding hydrogens is 546 g/mol. The highest BCUT2D eigenvalue weighted by Crippen LogP contribution is 2.39. The average molecular weight is 579 g/mol. The fourth-order valence-electron chi connectivity index (χ4n) is 4.96. The van der Waals surface area contributed by atoms with Crippen LogP contribution >= 0.6 is 0 Å². The first-order chi connectivity index (χ1) is 19.3. The number of hydrogen-bond donors (Lipinski definition) is 3. The molecule has 3 heterocycles. The largest absolute Gasteiger partial charge is 0.494 e. The van der Waals surface area contributed by atoms with Crippen molar-refractivity contribution in [3.8, 4) is 17.6 Å². The van der Waals surface area contributed by atoms with Crippen LogP contribution in [-0.2, 0) is 36.2 Å². The second-order valence-corrected chi connectivity index (χ2v) is 12.0. The van der Waals surface area contributed by atoms with Gasteiger partial charge in [-0.2, -0.15) is 18.2 Å². The third-order valence-corrected chi connectivity index (χ3v) is 8.10. The number of aromatic nitrogens is 3. The van der Waals surface area contributed by atoms with Gasteiger partial charge in [-0.25, -0.2) is 4.79 Å². The van der Waals surface area contributed by atoms with E-state index in [-0.39, 0.29) is 16.7 Å². The van der Waals surface area contributed by atoms with E-state index < -0.39 is 27.2 Å². The summed E-state index contributed by atoms with van der Waals surface area (Å²) < 4.78 is 34.6. The molecule has 1 aromatic carbocycles. The van der Waals surface area contributed by atoms with Crippen molar-refractivity contribution in [2.24, 2.45) is 14.1 Å². The molecule has 0 bridgehead atoms. The van der Waals surface area contributed by atoms with E-state index in [0.717, 1.165) is 31.6 Å². The van der Waals surface area contributed by atoms with Crippen molar-refractivity contribution in [3.05, 3.63) is 97.5 Å². The van der Waals surface area contributed by atoms with Crippen LogP contribution in [0.2, 0.25) is 0 Å². The second kappa shape index (κ2) is 11.3. The van der Waals surface area contributed by atoms with E-state index in [0.29, 0.717) is 30.6 Å². The maximum absolute atomic E-state index is 12.4. The van der Waals surface area contributed by atoms with Crippen molar-refractivity contribution in [3.63, 3.8) is 0 Å². The number of nitrogens with zero attached hydrogens (tertiary/aromatic N) is 4. The zero-order chi connectivity index (χ0) is 30.1. The van der Waals surface area contributed by atoms with Gasteiger partial charge in [0, 0.05) is 50.0 Å². The SMILES string of the molecule is Cn1c(O)c(C=CC=C(C#N)c2cc[n+]3c(c2)C(C)(C)c2cc(CNCCCS(=O)(=O)O)ccc2-3)c(=O)n(C)c1=O. The quantitative estimate of drug-likeness (QED) is 0.114. The van der Waals surface area contributed by atoms with E-state index >= 15 is 0 Å². The molecule has 0 aliphatic carbocycles.